The number of fused-ring (bicyclic) bond motifs is 1. The first-order valence-corrected chi connectivity index (χ1v) is 4.82. The molecule has 0 saturated heterocycles. The first-order valence-electron chi connectivity index (χ1n) is 4.45. The Kier molecular flexibility index (Phi) is 2.40. The minimum atomic E-state index is -0.754. The van der Waals surface area contributed by atoms with Crippen molar-refractivity contribution in [3.63, 3.8) is 0 Å². The van der Waals surface area contributed by atoms with Gasteiger partial charge in [0, 0.05) is 5.02 Å². The van der Waals surface area contributed by atoms with E-state index in [-0.39, 0.29) is 12.1 Å². The van der Waals surface area contributed by atoms with Gasteiger partial charge in [-0.1, -0.05) is 11.6 Å². The molecule has 1 aliphatic rings. The zero-order valence-corrected chi connectivity index (χ0v) is 8.82. The van der Waals surface area contributed by atoms with Gasteiger partial charge >= 0.3 is 0 Å². The first-order chi connectivity index (χ1) is 7.50. The van der Waals surface area contributed by atoms with Crippen LogP contribution in [0.3, 0.4) is 0 Å². The first kappa shape index (κ1) is 10.6. The molecule has 1 heterocycles. The van der Waals surface area contributed by atoms with Crippen LogP contribution in [0.25, 0.3) is 0 Å². The lowest BCUT2D eigenvalue weighted by Crippen LogP contribution is -2.37. The summed E-state index contributed by atoms with van der Waals surface area (Å²) in [6.07, 6.45) is 0. The van der Waals surface area contributed by atoms with Gasteiger partial charge in [0.05, 0.1) is 11.3 Å². The van der Waals surface area contributed by atoms with Crippen LogP contribution in [-0.4, -0.2) is 24.1 Å². The van der Waals surface area contributed by atoms with Crippen LogP contribution in [0.5, 0.6) is 0 Å². The second-order valence-corrected chi connectivity index (χ2v) is 3.78. The number of nitrogens with zero attached hydrogens (tertiary/aromatic N) is 1. The van der Waals surface area contributed by atoms with Gasteiger partial charge in [-0.2, -0.15) is 0 Å². The summed E-state index contributed by atoms with van der Waals surface area (Å²) in [5.74, 6) is -2.09. The van der Waals surface area contributed by atoms with Crippen molar-refractivity contribution in [2.75, 3.05) is 11.4 Å². The molecular weight excluding hydrogens is 232 g/mol. The van der Waals surface area contributed by atoms with Gasteiger partial charge in [-0.15, -0.1) is 0 Å². The number of halogens is 1. The van der Waals surface area contributed by atoms with Crippen LogP contribution in [0.15, 0.2) is 18.2 Å². The highest BCUT2D eigenvalue weighted by Gasteiger charge is 2.36. The number of Topliss-reactive ketones (excluding diaryl/α,β-unsaturated/α-hetero) is 1. The molecule has 0 unspecified atom stereocenters. The number of ketones is 1. The van der Waals surface area contributed by atoms with Crippen molar-refractivity contribution in [1.82, 2.24) is 0 Å². The standard InChI is InChI=1S/C10H7ClN2O3/c11-5-1-2-6-7(3-5)13(4-8(12)14)10(16)9(6)15/h1-3H,4H2,(H2,12,14). The molecule has 6 heteroatoms. The van der Waals surface area contributed by atoms with Gasteiger partial charge in [0.15, 0.2) is 0 Å². The minimum absolute atomic E-state index is 0.246. The summed E-state index contributed by atoms with van der Waals surface area (Å²) in [4.78, 5) is 34.9. The Hall–Kier alpha value is -1.88. The Morgan fingerprint density at radius 3 is 2.69 bits per heavy atom. The number of nitrogens with two attached hydrogens (primary N) is 1. The van der Waals surface area contributed by atoms with E-state index >= 15 is 0 Å². The summed E-state index contributed by atoms with van der Waals surface area (Å²) < 4.78 is 0. The SMILES string of the molecule is NC(=O)CN1C(=O)C(=O)c2ccc(Cl)cc21. The van der Waals surface area contributed by atoms with Crippen molar-refractivity contribution >= 4 is 34.9 Å². The number of benzene rings is 1. The lowest BCUT2D eigenvalue weighted by Gasteiger charge is -2.13. The van der Waals surface area contributed by atoms with Gasteiger partial charge in [-0.3, -0.25) is 19.3 Å². The fourth-order valence-electron chi connectivity index (χ4n) is 1.58. The number of carbonyl (C=O) groups is 3. The maximum Gasteiger partial charge on any atom is 0.299 e. The number of hydrogen-bond acceptors (Lipinski definition) is 3. The lowest BCUT2D eigenvalue weighted by atomic mass is 10.1. The second kappa shape index (κ2) is 3.61. The summed E-state index contributed by atoms with van der Waals surface area (Å²) in [6, 6.07) is 4.43. The molecule has 2 N–H and O–H groups in total. The van der Waals surface area contributed by atoms with Gasteiger partial charge in [0.2, 0.25) is 5.91 Å². The predicted octanol–water partition coefficient (Wildman–Crippen LogP) is 0.355. The van der Waals surface area contributed by atoms with Crippen LogP contribution in [0.2, 0.25) is 5.02 Å². The summed E-state index contributed by atoms with van der Waals surface area (Å²) in [6.45, 7) is -0.322. The van der Waals surface area contributed by atoms with Crippen molar-refractivity contribution in [2.45, 2.75) is 0 Å². The normalized spacial score (nSPS) is 14.2. The Bertz CT molecular complexity index is 513. The fraction of sp³-hybridized carbons (Fsp3) is 0.100. The predicted molar refractivity (Wildman–Crippen MR) is 57.3 cm³/mol. The van der Waals surface area contributed by atoms with Crippen LogP contribution in [0, 0.1) is 0 Å². The Labute approximate surface area is 95.8 Å². The highest BCUT2D eigenvalue weighted by atomic mass is 35.5. The number of carbonyl (C=O) groups excluding carboxylic acids is 3. The van der Waals surface area contributed by atoms with E-state index in [2.05, 4.69) is 0 Å². The summed E-state index contributed by atoms with van der Waals surface area (Å²) >= 11 is 5.76. The minimum Gasteiger partial charge on any atom is -0.368 e. The van der Waals surface area contributed by atoms with Gasteiger partial charge in [-0.05, 0) is 18.2 Å². The average Bonchev–Trinajstić information content (AvgIpc) is 2.43. The molecule has 2 amide bonds. The third kappa shape index (κ3) is 1.55. The lowest BCUT2D eigenvalue weighted by molar-refractivity contribution is -0.119. The molecular formula is C10H7ClN2O3. The van der Waals surface area contributed by atoms with Gasteiger partial charge in [0.25, 0.3) is 11.7 Å². The molecule has 1 aromatic rings. The molecule has 0 aromatic heterocycles. The van der Waals surface area contributed by atoms with E-state index in [9.17, 15) is 14.4 Å². The molecule has 1 aliphatic heterocycles. The van der Waals surface area contributed by atoms with Crippen molar-refractivity contribution < 1.29 is 14.4 Å². The Morgan fingerprint density at radius 2 is 2.06 bits per heavy atom. The third-order valence-corrected chi connectivity index (χ3v) is 2.48. The molecule has 5 nitrogen and oxygen atoms in total. The number of rotatable bonds is 2. The maximum absolute atomic E-state index is 11.5. The molecule has 16 heavy (non-hydrogen) atoms. The average molecular weight is 239 g/mol. The third-order valence-electron chi connectivity index (χ3n) is 2.25. The molecule has 0 aliphatic carbocycles. The van der Waals surface area contributed by atoms with Crippen LogP contribution in [0.4, 0.5) is 5.69 Å². The molecule has 0 radical (unpaired) electrons. The van der Waals surface area contributed by atoms with E-state index in [0.717, 1.165) is 4.90 Å². The zero-order valence-electron chi connectivity index (χ0n) is 8.07. The van der Waals surface area contributed by atoms with Crippen LogP contribution >= 0.6 is 11.6 Å². The second-order valence-electron chi connectivity index (χ2n) is 3.35. The van der Waals surface area contributed by atoms with E-state index in [4.69, 9.17) is 17.3 Å². The van der Waals surface area contributed by atoms with Crippen LogP contribution < -0.4 is 10.6 Å². The Morgan fingerprint density at radius 1 is 1.38 bits per heavy atom. The number of anilines is 1. The summed E-state index contributed by atoms with van der Waals surface area (Å²) in [5.41, 5.74) is 5.58. The van der Waals surface area contributed by atoms with Gasteiger partial charge in [-0.25, -0.2) is 0 Å². The summed E-state index contributed by atoms with van der Waals surface area (Å²) in [7, 11) is 0. The van der Waals surface area contributed by atoms with Crippen molar-refractivity contribution in [1.29, 1.82) is 0 Å². The van der Waals surface area contributed by atoms with Crippen LogP contribution in [-0.2, 0) is 9.59 Å². The van der Waals surface area contributed by atoms with Crippen LogP contribution in [0.1, 0.15) is 10.4 Å². The number of hydrogen-bond donors (Lipinski definition) is 1. The number of amides is 2. The molecule has 0 atom stereocenters. The quantitative estimate of drug-likeness (QED) is 0.755. The van der Waals surface area contributed by atoms with E-state index in [1.165, 1.54) is 18.2 Å². The topological polar surface area (TPSA) is 80.5 Å². The fourth-order valence-corrected chi connectivity index (χ4v) is 1.75. The Balaban J connectivity index is 2.51. The molecule has 0 bridgehead atoms. The maximum atomic E-state index is 11.5. The number of primary amides is 1. The van der Waals surface area contributed by atoms with E-state index in [0.29, 0.717) is 10.7 Å². The zero-order chi connectivity index (χ0) is 11.9. The molecule has 0 fully saturated rings. The largest absolute Gasteiger partial charge is 0.368 e. The molecule has 82 valence electrons. The van der Waals surface area contributed by atoms with E-state index < -0.39 is 17.6 Å². The van der Waals surface area contributed by atoms with Gasteiger partial charge < -0.3 is 5.73 Å². The molecule has 0 spiro atoms. The molecule has 1 aromatic carbocycles. The highest BCUT2D eigenvalue weighted by molar-refractivity contribution is 6.52. The summed E-state index contributed by atoms with van der Waals surface area (Å²) in [5, 5.41) is 0.385. The van der Waals surface area contributed by atoms with E-state index in [1.807, 2.05) is 0 Å². The monoisotopic (exact) mass is 238 g/mol. The van der Waals surface area contributed by atoms with Crippen molar-refractivity contribution in [2.24, 2.45) is 5.73 Å². The van der Waals surface area contributed by atoms with Crippen molar-refractivity contribution in [3.8, 4) is 0 Å². The van der Waals surface area contributed by atoms with Crippen molar-refractivity contribution in [3.05, 3.63) is 28.8 Å². The van der Waals surface area contributed by atoms with E-state index in [1.54, 1.807) is 0 Å². The van der Waals surface area contributed by atoms with Gasteiger partial charge in [0.1, 0.15) is 6.54 Å². The molecule has 2 rings (SSSR count). The smallest absolute Gasteiger partial charge is 0.299 e. The highest BCUT2D eigenvalue weighted by Crippen LogP contribution is 2.31. The molecule has 0 saturated carbocycles.